The van der Waals surface area contributed by atoms with Crippen LogP contribution in [0.5, 0.6) is 0 Å². The molecule has 5 heteroatoms. The van der Waals surface area contributed by atoms with E-state index in [1.165, 1.54) is 6.07 Å². The average Bonchev–Trinajstić information content (AvgIpc) is 2.16. The molecule has 0 saturated carbocycles. The minimum absolute atomic E-state index is 0.0761. The highest BCUT2D eigenvalue weighted by Gasteiger charge is 2.16. The van der Waals surface area contributed by atoms with Crippen LogP contribution in [-0.2, 0) is 5.33 Å². The Kier molecular flexibility index (Phi) is 3.50. The third kappa shape index (κ3) is 1.89. The smallest absolute Gasteiger partial charge is 0.338 e. The summed E-state index contributed by atoms with van der Waals surface area (Å²) in [6.45, 7) is 0. The number of benzene rings is 1. The van der Waals surface area contributed by atoms with E-state index in [4.69, 9.17) is 22.0 Å². The molecule has 14 heavy (non-hydrogen) atoms. The summed E-state index contributed by atoms with van der Waals surface area (Å²) in [5.41, 5.74) is 0.599. The molecule has 0 fully saturated rings. The van der Waals surface area contributed by atoms with Gasteiger partial charge in [0, 0.05) is 5.33 Å². The van der Waals surface area contributed by atoms with Gasteiger partial charge in [-0.05, 0) is 11.6 Å². The fourth-order valence-electron chi connectivity index (χ4n) is 1.02. The predicted octanol–water partition coefficient (Wildman–Crippen LogP) is 2.80. The van der Waals surface area contributed by atoms with Crippen LogP contribution >= 0.6 is 27.5 Å². The van der Waals surface area contributed by atoms with Gasteiger partial charge in [0.25, 0.3) is 0 Å². The molecule has 0 amide bonds. The second-order valence-corrected chi connectivity index (χ2v) is 3.45. The highest BCUT2D eigenvalue weighted by molar-refractivity contribution is 9.08. The van der Waals surface area contributed by atoms with Gasteiger partial charge in [-0.15, -0.1) is 0 Å². The first kappa shape index (κ1) is 11.0. The van der Waals surface area contributed by atoms with Gasteiger partial charge in [0.1, 0.15) is 6.07 Å². The van der Waals surface area contributed by atoms with Crippen LogP contribution in [0.25, 0.3) is 0 Å². The van der Waals surface area contributed by atoms with Gasteiger partial charge in [0.2, 0.25) is 0 Å². The second-order valence-electron chi connectivity index (χ2n) is 2.51. The third-order valence-corrected chi connectivity index (χ3v) is 2.74. The zero-order valence-corrected chi connectivity index (χ0v) is 9.26. The maximum atomic E-state index is 10.8. The van der Waals surface area contributed by atoms with E-state index in [-0.39, 0.29) is 16.1 Å². The fourth-order valence-corrected chi connectivity index (χ4v) is 1.97. The molecule has 0 aliphatic heterocycles. The summed E-state index contributed by atoms with van der Waals surface area (Å²) in [7, 11) is 0. The largest absolute Gasteiger partial charge is 0.478 e. The summed E-state index contributed by atoms with van der Waals surface area (Å²) >= 11 is 9.00. The SMILES string of the molecule is N#Cc1ccc(CBr)c(Cl)c1C(=O)O. The van der Waals surface area contributed by atoms with Crippen molar-refractivity contribution in [1.29, 1.82) is 5.26 Å². The van der Waals surface area contributed by atoms with Crippen molar-refractivity contribution in [3.8, 4) is 6.07 Å². The van der Waals surface area contributed by atoms with Gasteiger partial charge < -0.3 is 5.11 Å². The van der Waals surface area contributed by atoms with Crippen LogP contribution in [-0.4, -0.2) is 11.1 Å². The normalized spacial score (nSPS) is 9.50. The molecule has 1 N–H and O–H groups in total. The van der Waals surface area contributed by atoms with Gasteiger partial charge in [-0.3, -0.25) is 0 Å². The zero-order chi connectivity index (χ0) is 10.7. The molecule has 0 spiro atoms. The first-order chi connectivity index (χ1) is 6.61. The molecule has 0 radical (unpaired) electrons. The number of hydrogen-bond acceptors (Lipinski definition) is 2. The molecule has 72 valence electrons. The van der Waals surface area contributed by atoms with Crippen LogP contribution in [0, 0.1) is 11.3 Å². The minimum atomic E-state index is -1.19. The van der Waals surface area contributed by atoms with E-state index in [9.17, 15) is 4.79 Å². The summed E-state index contributed by atoms with van der Waals surface area (Å²) < 4.78 is 0. The molecule has 1 aromatic carbocycles. The van der Waals surface area contributed by atoms with Gasteiger partial charge in [-0.25, -0.2) is 4.79 Å². The summed E-state index contributed by atoms with van der Waals surface area (Å²) in [4.78, 5) is 10.8. The fraction of sp³-hybridized carbons (Fsp3) is 0.111. The van der Waals surface area contributed by atoms with Crippen LogP contribution in [0.4, 0.5) is 0 Å². The van der Waals surface area contributed by atoms with Crippen molar-refractivity contribution in [1.82, 2.24) is 0 Å². The van der Waals surface area contributed by atoms with Gasteiger partial charge in [0.05, 0.1) is 16.1 Å². The highest BCUT2D eigenvalue weighted by Crippen LogP contribution is 2.26. The predicted molar refractivity (Wildman–Crippen MR) is 55.8 cm³/mol. The molecule has 0 aliphatic rings. The average molecular weight is 275 g/mol. The molecule has 0 aliphatic carbocycles. The number of carbonyl (C=O) groups is 1. The second kappa shape index (κ2) is 4.45. The zero-order valence-electron chi connectivity index (χ0n) is 6.92. The lowest BCUT2D eigenvalue weighted by Crippen LogP contribution is -2.03. The van der Waals surface area contributed by atoms with Gasteiger partial charge in [-0.2, -0.15) is 5.26 Å². The van der Waals surface area contributed by atoms with E-state index in [0.717, 1.165) is 0 Å². The maximum absolute atomic E-state index is 10.8. The molecule has 0 heterocycles. The van der Waals surface area contributed by atoms with E-state index in [2.05, 4.69) is 15.9 Å². The number of hydrogen-bond donors (Lipinski definition) is 1. The Hall–Kier alpha value is -1.05. The van der Waals surface area contributed by atoms with Crippen molar-refractivity contribution in [2.75, 3.05) is 0 Å². The molecule has 3 nitrogen and oxygen atoms in total. The van der Waals surface area contributed by atoms with E-state index in [1.54, 1.807) is 12.1 Å². The number of halogens is 2. The lowest BCUT2D eigenvalue weighted by molar-refractivity contribution is 0.0696. The number of nitriles is 1. The summed E-state index contributed by atoms with van der Waals surface area (Å²) in [6, 6.07) is 4.87. The Labute approximate surface area is 94.0 Å². The first-order valence-corrected chi connectivity index (χ1v) is 5.12. The first-order valence-electron chi connectivity index (χ1n) is 3.62. The molecule has 0 aromatic heterocycles. The van der Waals surface area contributed by atoms with Crippen LogP contribution < -0.4 is 0 Å². The topological polar surface area (TPSA) is 61.1 Å². The molecule has 0 saturated heterocycles. The number of alkyl halides is 1. The van der Waals surface area contributed by atoms with Gasteiger partial charge in [0.15, 0.2) is 0 Å². The standard InChI is InChI=1S/C9H5BrClNO2/c10-3-5-1-2-6(4-12)7(8(5)11)9(13)14/h1-2H,3H2,(H,13,14). The van der Waals surface area contributed by atoms with E-state index in [0.29, 0.717) is 10.9 Å². The molecule has 0 atom stereocenters. The van der Waals surface area contributed by atoms with Crippen molar-refractivity contribution < 1.29 is 9.90 Å². The molecule has 1 aromatic rings. The number of aromatic carboxylic acids is 1. The van der Waals surface area contributed by atoms with Crippen LogP contribution in [0.15, 0.2) is 12.1 Å². The van der Waals surface area contributed by atoms with Gasteiger partial charge in [-0.1, -0.05) is 33.6 Å². The van der Waals surface area contributed by atoms with E-state index >= 15 is 0 Å². The quantitative estimate of drug-likeness (QED) is 0.844. The van der Waals surface area contributed by atoms with Crippen molar-refractivity contribution in [3.05, 3.63) is 33.8 Å². The summed E-state index contributed by atoms with van der Waals surface area (Å²) in [6.07, 6.45) is 0. The number of nitrogens with zero attached hydrogens (tertiary/aromatic N) is 1. The van der Waals surface area contributed by atoms with E-state index < -0.39 is 5.97 Å². The highest BCUT2D eigenvalue weighted by atomic mass is 79.9. The number of rotatable bonds is 2. The lowest BCUT2D eigenvalue weighted by Gasteiger charge is -2.05. The molecule has 0 unspecified atom stereocenters. The molecular weight excluding hydrogens is 269 g/mol. The summed E-state index contributed by atoms with van der Waals surface area (Å²) in [5, 5.41) is 18.1. The molecule has 0 bridgehead atoms. The minimum Gasteiger partial charge on any atom is -0.478 e. The Morgan fingerprint density at radius 2 is 2.29 bits per heavy atom. The van der Waals surface area contributed by atoms with Crippen molar-refractivity contribution in [2.24, 2.45) is 0 Å². The molecule has 1 rings (SSSR count). The van der Waals surface area contributed by atoms with Crippen LogP contribution in [0.1, 0.15) is 21.5 Å². The maximum Gasteiger partial charge on any atom is 0.338 e. The van der Waals surface area contributed by atoms with Crippen molar-refractivity contribution >= 4 is 33.5 Å². The van der Waals surface area contributed by atoms with Crippen LogP contribution in [0.3, 0.4) is 0 Å². The lowest BCUT2D eigenvalue weighted by atomic mass is 10.1. The Morgan fingerprint density at radius 3 is 2.71 bits per heavy atom. The summed E-state index contributed by atoms with van der Waals surface area (Å²) in [5.74, 6) is -1.19. The Balaban J connectivity index is 3.49. The monoisotopic (exact) mass is 273 g/mol. The van der Waals surface area contributed by atoms with Crippen LogP contribution in [0.2, 0.25) is 5.02 Å². The third-order valence-electron chi connectivity index (χ3n) is 1.70. The Morgan fingerprint density at radius 1 is 1.64 bits per heavy atom. The molecular formula is C9H5BrClNO2. The van der Waals surface area contributed by atoms with Crippen molar-refractivity contribution in [3.63, 3.8) is 0 Å². The number of carboxylic acids is 1. The Bertz CT molecular complexity index is 426. The number of carboxylic acid groups (broad SMARTS) is 1. The van der Waals surface area contributed by atoms with Crippen molar-refractivity contribution in [2.45, 2.75) is 5.33 Å². The van der Waals surface area contributed by atoms with Gasteiger partial charge >= 0.3 is 5.97 Å². The van der Waals surface area contributed by atoms with E-state index in [1.807, 2.05) is 0 Å².